The standard InChI is InChI=1S/C17H24ClN3O2/c1-13(19)6-7-16(22)20-8-10-21(11-9-20)17(23)12-14-4-2-3-5-15(14)18/h2-5,13H,6-12,19H2,1H3. The number of carbonyl (C=O) groups excluding carboxylic acids is 2. The molecule has 1 saturated heterocycles. The van der Waals surface area contributed by atoms with Crippen LogP contribution in [0.25, 0.3) is 0 Å². The number of hydrogen-bond donors (Lipinski definition) is 1. The lowest BCUT2D eigenvalue weighted by atomic mass is 10.1. The topological polar surface area (TPSA) is 66.6 Å². The minimum atomic E-state index is 0.0393. The van der Waals surface area contributed by atoms with Gasteiger partial charge < -0.3 is 15.5 Å². The zero-order valence-corrected chi connectivity index (χ0v) is 14.3. The molecule has 1 unspecified atom stereocenters. The van der Waals surface area contributed by atoms with Crippen LogP contribution in [0, 0.1) is 0 Å². The highest BCUT2D eigenvalue weighted by molar-refractivity contribution is 6.31. The Morgan fingerprint density at radius 3 is 2.26 bits per heavy atom. The first-order valence-corrected chi connectivity index (χ1v) is 8.39. The molecule has 0 aromatic heterocycles. The summed E-state index contributed by atoms with van der Waals surface area (Å²) in [6, 6.07) is 7.43. The minimum Gasteiger partial charge on any atom is -0.339 e. The summed E-state index contributed by atoms with van der Waals surface area (Å²) in [5.41, 5.74) is 6.53. The number of rotatable bonds is 5. The highest BCUT2D eigenvalue weighted by Crippen LogP contribution is 2.17. The fraction of sp³-hybridized carbons (Fsp3) is 0.529. The number of nitrogens with two attached hydrogens (primary N) is 1. The van der Waals surface area contributed by atoms with Crippen molar-refractivity contribution in [3.05, 3.63) is 34.9 Å². The van der Waals surface area contributed by atoms with Crippen LogP contribution in [0.3, 0.4) is 0 Å². The average molecular weight is 338 g/mol. The molecule has 0 saturated carbocycles. The van der Waals surface area contributed by atoms with E-state index in [9.17, 15) is 9.59 Å². The van der Waals surface area contributed by atoms with Gasteiger partial charge in [-0.05, 0) is 25.0 Å². The van der Waals surface area contributed by atoms with Gasteiger partial charge in [0.05, 0.1) is 6.42 Å². The molecule has 2 amide bonds. The largest absolute Gasteiger partial charge is 0.339 e. The summed E-state index contributed by atoms with van der Waals surface area (Å²) in [7, 11) is 0. The predicted molar refractivity (Wildman–Crippen MR) is 91.2 cm³/mol. The Balaban J connectivity index is 1.81. The van der Waals surface area contributed by atoms with Crippen molar-refractivity contribution in [1.82, 2.24) is 9.80 Å². The van der Waals surface area contributed by atoms with E-state index in [1.807, 2.05) is 30.0 Å². The van der Waals surface area contributed by atoms with Gasteiger partial charge >= 0.3 is 0 Å². The van der Waals surface area contributed by atoms with Crippen molar-refractivity contribution < 1.29 is 9.59 Å². The Labute approximate surface area is 142 Å². The van der Waals surface area contributed by atoms with Crippen molar-refractivity contribution in [3.8, 4) is 0 Å². The lowest BCUT2D eigenvalue weighted by Crippen LogP contribution is -2.51. The van der Waals surface area contributed by atoms with Gasteiger partial charge in [0, 0.05) is 43.7 Å². The lowest BCUT2D eigenvalue weighted by molar-refractivity contribution is -0.139. The van der Waals surface area contributed by atoms with E-state index in [2.05, 4.69) is 0 Å². The number of hydrogen-bond acceptors (Lipinski definition) is 3. The fourth-order valence-corrected chi connectivity index (χ4v) is 2.83. The molecular weight excluding hydrogens is 314 g/mol. The summed E-state index contributed by atoms with van der Waals surface area (Å²) >= 11 is 6.10. The molecule has 1 aliphatic heterocycles. The van der Waals surface area contributed by atoms with E-state index in [1.54, 1.807) is 11.0 Å². The fourth-order valence-electron chi connectivity index (χ4n) is 2.63. The number of nitrogens with zero attached hydrogens (tertiary/aromatic N) is 2. The Hall–Kier alpha value is -1.59. The van der Waals surface area contributed by atoms with Gasteiger partial charge in [-0.3, -0.25) is 9.59 Å². The second kappa shape index (κ2) is 8.31. The van der Waals surface area contributed by atoms with Crippen LogP contribution in [0.15, 0.2) is 24.3 Å². The molecule has 1 atom stereocenters. The maximum Gasteiger partial charge on any atom is 0.227 e. The third-order valence-corrected chi connectivity index (χ3v) is 4.47. The molecule has 2 N–H and O–H groups in total. The zero-order valence-electron chi connectivity index (χ0n) is 13.5. The first-order valence-electron chi connectivity index (χ1n) is 8.02. The quantitative estimate of drug-likeness (QED) is 0.889. The highest BCUT2D eigenvalue weighted by atomic mass is 35.5. The summed E-state index contributed by atoms with van der Waals surface area (Å²) < 4.78 is 0. The summed E-state index contributed by atoms with van der Waals surface area (Å²) in [6.45, 7) is 4.23. The van der Waals surface area contributed by atoms with Crippen molar-refractivity contribution in [3.63, 3.8) is 0 Å². The predicted octanol–water partition coefficient (Wildman–Crippen LogP) is 1.68. The van der Waals surface area contributed by atoms with Gasteiger partial charge in [-0.15, -0.1) is 0 Å². The molecule has 1 fully saturated rings. The number of amides is 2. The average Bonchev–Trinajstić information content (AvgIpc) is 2.54. The third kappa shape index (κ3) is 5.22. The van der Waals surface area contributed by atoms with Gasteiger partial charge in [0.2, 0.25) is 11.8 Å². The van der Waals surface area contributed by atoms with Crippen LogP contribution in [-0.2, 0) is 16.0 Å². The summed E-state index contributed by atoms with van der Waals surface area (Å²) in [6.07, 6.45) is 1.48. The molecule has 6 heteroatoms. The number of carbonyl (C=O) groups is 2. The monoisotopic (exact) mass is 337 g/mol. The van der Waals surface area contributed by atoms with Gasteiger partial charge in [0.25, 0.3) is 0 Å². The molecule has 5 nitrogen and oxygen atoms in total. The molecule has 0 aliphatic carbocycles. The van der Waals surface area contributed by atoms with Crippen molar-refractivity contribution in [1.29, 1.82) is 0 Å². The van der Waals surface area contributed by atoms with Crippen molar-refractivity contribution in [2.75, 3.05) is 26.2 Å². The molecule has 0 bridgehead atoms. The highest BCUT2D eigenvalue weighted by Gasteiger charge is 2.24. The van der Waals surface area contributed by atoms with Crippen LogP contribution >= 0.6 is 11.6 Å². The van der Waals surface area contributed by atoms with E-state index in [-0.39, 0.29) is 17.9 Å². The molecule has 0 spiro atoms. The van der Waals surface area contributed by atoms with Crippen LogP contribution in [-0.4, -0.2) is 53.8 Å². The maximum atomic E-state index is 12.4. The van der Waals surface area contributed by atoms with Crippen molar-refractivity contribution in [2.45, 2.75) is 32.2 Å². The summed E-state index contributed by atoms with van der Waals surface area (Å²) in [5, 5.41) is 0.616. The molecule has 0 radical (unpaired) electrons. The number of piperazine rings is 1. The normalized spacial score (nSPS) is 16.3. The van der Waals surface area contributed by atoms with E-state index in [4.69, 9.17) is 17.3 Å². The van der Waals surface area contributed by atoms with E-state index in [1.165, 1.54) is 0 Å². The van der Waals surface area contributed by atoms with Gasteiger partial charge in [0.1, 0.15) is 0 Å². The second-order valence-corrected chi connectivity index (χ2v) is 6.45. The molecule has 1 aliphatic rings. The van der Waals surface area contributed by atoms with Crippen molar-refractivity contribution >= 4 is 23.4 Å². The van der Waals surface area contributed by atoms with Crippen LogP contribution in [0.4, 0.5) is 0 Å². The Morgan fingerprint density at radius 2 is 1.70 bits per heavy atom. The first-order chi connectivity index (χ1) is 11.0. The number of halogens is 1. The second-order valence-electron chi connectivity index (χ2n) is 6.05. The van der Waals surface area contributed by atoms with E-state index < -0.39 is 0 Å². The molecule has 126 valence electrons. The van der Waals surface area contributed by atoms with Gasteiger partial charge in [0.15, 0.2) is 0 Å². The molecule has 2 rings (SSSR count). The van der Waals surface area contributed by atoms with Gasteiger partial charge in [-0.2, -0.15) is 0 Å². The van der Waals surface area contributed by atoms with E-state index in [0.717, 1.165) is 5.56 Å². The van der Waals surface area contributed by atoms with Crippen LogP contribution in [0.2, 0.25) is 5.02 Å². The number of benzene rings is 1. The maximum absolute atomic E-state index is 12.4. The van der Waals surface area contributed by atoms with Gasteiger partial charge in [-0.1, -0.05) is 29.8 Å². The summed E-state index contributed by atoms with van der Waals surface area (Å²) in [5.74, 6) is 0.182. The van der Waals surface area contributed by atoms with Crippen LogP contribution in [0.5, 0.6) is 0 Å². The molecule has 1 aromatic rings. The molecule has 1 aromatic carbocycles. The smallest absolute Gasteiger partial charge is 0.227 e. The van der Waals surface area contributed by atoms with E-state index in [0.29, 0.717) is 50.5 Å². The minimum absolute atomic E-state index is 0.0393. The Bertz CT molecular complexity index is 555. The Kier molecular flexibility index (Phi) is 6.42. The van der Waals surface area contributed by atoms with Crippen molar-refractivity contribution in [2.24, 2.45) is 5.73 Å². The molecular formula is C17H24ClN3O2. The SMILES string of the molecule is CC(N)CCC(=O)N1CCN(C(=O)Cc2ccccc2Cl)CC1. The zero-order chi connectivity index (χ0) is 16.8. The van der Waals surface area contributed by atoms with Gasteiger partial charge in [-0.25, -0.2) is 0 Å². The van der Waals surface area contributed by atoms with Crippen LogP contribution < -0.4 is 5.73 Å². The Morgan fingerprint density at radius 1 is 1.13 bits per heavy atom. The lowest BCUT2D eigenvalue weighted by Gasteiger charge is -2.35. The summed E-state index contributed by atoms with van der Waals surface area (Å²) in [4.78, 5) is 28.0. The molecule has 1 heterocycles. The first kappa shape index (κ1) is 17.8. The van der Waals surface area contributed by atoms with Crippen LogP contribution in [0.1, 0.15) is 25.3 Å². The third-order valence-electron chi connectivity index (χ3n) is 4.10. The molecule has 23 heavy (non-hydrogen) atoms. The van der Waals surface area contributed by atoms with E-state index >= 15 is 0 Å².